The number of nitrogens with zero attached hydrogens (tertiary/aromatic N) is 1. The molecule has 0 aromatic carbocycles. The lowest BCUT2D eigenvalue weighted by Gasteiger charge is -2.27. The average Bonchev–Trinajstić information content (AvgIpc) is 2.28. The van der Waals surface area contributed by atoms with Crippen molar-refractivity contribution < 1.29 is 0 Å². The van der Waals surface area contributed by atoms with Crippen molar-refractivity contribution in [1.82, 2.24) is 10.4 Å². The summed E-state index contributed by atoms with van der Waals surface area (Å²) in [5.74, 6) is 6.45. The fraction of sp³-hybridized carbons (Fsp3) is 0.778. The van der Waals surface area contributed by atoms with Crippen molar-refractivity contribution in [3.05, 3.63) is 0 Å². The van der Waals surface area contributed by atoms with Crippen molar-refractivity contribution in [2.24, 2.45) is 0 Å². The van der Waals surface area contributed by atoms with E-state index in [-0.39, 0.29) is 0 Å². The summed E-state index contributed by atoms with van der Waals surface area (Å²) in [5.41, 5.74) is 3.41. The van der Waals surface area contributed by atoms with Crippen molar-refractivity contribution >= 4 is 0 Å². The Balaban J connectivity index is 2.05. The SMILES string of the molecule is C1#CC2CCCCNN2CC1. The van der Waals surface area contributed by atoms with Crippen LogP contribution < -0.4 is 5.43 Å². The third-order valence-corrected chi connectivity index (χ3v) is 2.34. The molecule has 1 unspecified atom stereocenters. The fourth-order valence-corrected chi connectivity index (χ4v) is 1.70. The first-order valence-electron chi connectivity index (χ1n) is 4.45. The maximum absolute atomic E-state index is 3.41. The van der Waals surface area contributed by atoms with Crippen LogP contribution >= 0.6 is 0 Å². The zero-order chi connectivity index (χ0) is 7.52. The van der Waals surface area contributed by atoms with Crippen LogP contribution in [0.25, 0.3) is 0 Å². The van der Waals surface area contributed by atoms with Gasteiger partial charge in [-0.3, -0.25) is 5.43 Å². The van der Waals surface area contributed by atoms with Crippen molar-refractivity contribution in [3.8, 4) is 11.8 Å². The topological polar surface area (TPSA) is 15.3 Å². The molecule has 0 radical (unpaired) electrons. The summed E-state index contributed by atoms with van der Waals surface area (Å²) in [4.78, 5) is 0. The van der Waals surface area contributed by atoms with Crippen LogP contribution in [0.5, 0.6) is 0 Å². The van der Waals surface area contributed by atoms with Gasteiger partial charge in [-0.25, -0.2) is 5.01 Å². The molecule has 1 saturated heterocycles. The van der Waals surface area contributed by atoms with Crippen LogP contribution in [0.3, 0.4) is 0 Å². The first-order valence-corrected chi connectivity index (χ1v) is 4.45. The lowest BCUT2D eigenvalue weighted by molar-refractivity contribution is 0.164. The Bertz CT molecular complexity index is 189. The summed E-state index contributed by atoms with van der Waals surface area (Å²) < 4.78 is 0. The molecule has 0 saturated carbocycles. The number of fused-ring (bicyclic) bond motifs is 1. The molecule has 2 heteroatoms. The van der Waals surface area contributed by atoms with Gasteiger partial charge in [0, 0.05) is 19.5 Å². The van der Waals surface area contributed by atoms with Crippen LogP contribution in [0.4, 0.5) is 0 Å². The molecule has 2 aliphatic heterocycles. The Morgan fingerprint density at radius 1 is 1.36 bits per heavy atom. The van der Waals surface area contributed by atoms with Gasteiger partial charge in [0.2, 0.25) is 0 Å². The van der Waals surface area contributed by atoms with Gasteiger partial charge in [-0.05, 0) is 19.3 Å². The lowest BCUT2D eigenvalue weighted by atomic mass is 10.1. The van der Waals surface area contributed by atoms with E-state index in [4.69, 9.17) is 0 Å². The molecule has 2 heterocycles. The first kappa shape index (κ1) is 7.15. The van der Waals surface area contributed by atoms with Crippen LogP contribution in [0.1, 0.15) is 25.7 Å². The molecule has 1 fully saturated rings. The smallest absolute Gasteiger partial charge is 0.0850 e. The van der Waals surface area contributed by atoms with Gasteiger partial charge in [0.05, 0.1) is 6.04 Å². The van der Waals surface area contributed by atoms with Crippen molar-refractivity contribution in [2.45, 2.75) is 31.7 Å². The molecule has 1 atom stereocenters. The van der Waals surface area contributed by atoms with E-state index in [2.05, 4.69) is 22.3 Å². The number of hydrogen-bond acceptors (Lipinski definition) is 2. The summed E-state index contributed by atoms with van der Waals surface area (Å²) in [5, 5.41) is 2.31. The normalized spacial score (nSPS) is 31.5. The highest BCUT2D eigenvalue weighted by molar-refractivity contribution is 5.11. The van der Waals surface area contributed by atoms with E-state index in [0.29, 0.717) is 6.04 Å². The van der Waals surface area contributed by atoms with E-state index >= 15 is 0 Å². The Kier molecular flexibility index (Phi) is 2.11. The van der Waals surface area contributed by atoms with E-state index in [0.717, 1.165) is 19.5 Å². The fourth-order valence-electron chi connectivity index (χ4n) is 1.70. The maximum atomic E-state index is 3.41. The van der Waals surface area contributed by atoms with Crippen LogP contribution in [0.2, 0.25) is 0 Å². The van der Waals surface area contributed by atoms with Gasteiger partial charge >= 0.3 is 0 Å². The molecule has 11 heavy (non-hydrogen) atoms. The van der Waals surface area contributed by atoms with Crippen molar-refractivity contribution in [2.75, 3.05) is 13.1 Å². The molecule has 2 nitrogen and oxygen atoms in total. The van der Waals surface area contributed by atoms with Crippen LogP contribution in [-0.2, 0) is 0 Å². The van der Waals surface area contributed by atoms with E-state index in [1.165, 1.54) is 19.3 Å². The second kappa shape index (κ2) is 3.25. The van der Waals surface area contributed by atoms with Gasteiger partial charge in [-0.15, -0.1) is 5.92 Å². The zero-order valence-corrected chi connectivity index (χ0v) is 6.77. The molecule has 1 N–H and O–H groups in total. The maximum Gasteiger partial charge on any atom is 0.0850 e. The quantitative estimate of drug-likeness (QED) is 0.513. The predicted octanol–water partition coefficient (Wildman–Crippen LogP) is 0.753. The van der Waals surface area contributed by atoms with E-state index < -0.39 is 0 Å². The van der Waals surface area contributed by atoms with Crippen molar-refractivity contribution in [1.29, 1.82) is 0 Å². The Labute approximate surface area is 67.9 Å². The van der Waals surface area contributed by atoms with E-state index in [1.807, 2.05) is 0 Å². The molecule has 0 aromatic heterocycles. The summed E-state index contributed by atoms with van der Waals surface area (Å²) in [6.45, 7) is 2.25. The Hall–Kier alpha value is -0.520. The molecule has 0 aromatic rings. The summed E-state index contributed by atoms with van der Waals surface area (Å²) in [7, 11) is 0. The third-order valence-electron chi connectivity index (χ3n) is 2.34. The second-order valence-corrected chi connectivity index (χ2v) is 3.18. The molecule has 2 aliphatic rings. The molecular weight excluding hydrogens is 136 g/mol. The molecule has 0 aliphatic carbocycles. The lowest BCUT2D eigenvalue weighted by Crippen LogP contribution is -2.45. The molecule has 0 spiro atoms. The van der Waals surface area contributed by atoms with Gasteiger partial charge < -0.3 is 0 Å². The number of hydrazine groups is 1. The summed E-state index contributed by atoms with van der Waals surface area (Å²) in [6.07, 6.45) is 4.90. The second-order valence-electron chi connectivity index (χ2n) is 3.18. The van der Waals surface area contributed by atoms with Gasteiger partial charge in [0.15, 0.2) is 0 Å². The minimum Gasteiger partial charge on any atom is -0.254 e. The van der Waals surface area contributed by atoms with Crippen LogP contribution in [-0.4, -0.2) is 24.1 Å². The number of hydrogen-bond donors (Lipinski definition) is 1. The highest BCUT2D eigenvalue weighted by atomic mass is 15.5. The van der Waals surface area contributed by atoms with Gasteiger partial charge in [-0.2, -0.15) is 0 Å². The van der Waals surface area contributed by atoms with E-state index in [9.17, 15) is 0 Å². The molecule has 0 bridgehead atoms. The molecule has 60 valence electrons. The largest absolute Gasteiger partial charge is 0.254 e. The standard InChI is InChI=1S/C9H14N2/c1-3-7-10-11-8-4-2-6-9(11)5-1/h9-10H,1,3-5,7-8H2. The monoisotopic (exact) mass is 150 g/mol. The zero-order valence-electron chi connectivity index (χ0n) is 6.77. The number of nitrogens with one attached hydrogen (secondary N) is 1. The Morgan fingerprint density at radius 3 is 3.36 bits per heavy atom. The Morgan fingerprint density at radius 2 is 2.36 bits per heavy atom. The minimum absolute atomic E-state index is 0.506. The van der Waals surface area contributed by atoms with Crippen LogP contribution in [0.15, 0.2) is 0 Å². The minimum atomic E-state index is 0.506. The van der Waals surface area contributed by atoms with Gasteiger partial charge in [0.1, 0.15) is 0 Å². The number of rotatable bonds is 0. The predicted molar refractivity (Wildman–Crippen MR) is 44.7 cm³/mol. The molecular formula is C9H14N2. The summed E-state index contributed by atoms with van der Waals surface area (Å²) in [6, 6.07) is 0.506. The third kappa shape index (κ3) is 1.55. The highest BCUT2D eigenvalue weighted by Gasteiger charge is 2.19. The first-order chi connectivity index (χ1) is 5.47. The van der Waals surface area contributed by atoms with E-state index in [1.54, 1.807) is 0 Å². The average molecular weight is 150 g/mol. The van der Waals surface area contributed by atoms with Crippen molar-refractivity contribution in [3.63, 3.8) is 0 Å². The molecule has 2 rings (SSSR count). The summed E-state index contributed by atoms with van der Waals surface area (Å²) >= 11 is 0. The van der Waals surface area contributed by atoms with Gasteiger partial charge in [0.25, 0.3) is 0 Å². The van der Waals surface area contributed by atoms with Crippen LogP contribution in [0, 0.1) is 11.8 Å². The highest BCUT2D eigenvalue weighted by Crippen LogP contribution is 2.12. The van der Waals surface area contributed by atoms with Gasteiger partial charge in [-0.1, -0.05) is 5.92 Å². The molecule has 0 amide bonds.